The first-order chi connectivity index (χ1) is 22.0. The minimum Gasteiger partial charge on any atom is -0.462 e. The van der Waals surface area contributed by atoms with E-state index >= 15 is 0 Å². The van der Waals surface area contributed by atoms with Gasteiger partial charge in [-0.1, -0.05) is 140 Å². The number of fused-ring (bicyclic) bond motifs is 1. The van der Waals surface area contributed by atoms with Crippen LogP contribution in [0.4, 0.5) is 5.69 Å². The number of nitrogens with zero attached hydrogens (tertiary/aromatic N) is 1. The Morgan fingerprint density at radius 2 is 1.22 bits per heavy atom. The summed E-state index contributed by atoms with van der Waals surface area (Å²) in [6.07, 6.45) is 1.54. The Balaban J connectivity index is 1.61. The molecule has 0 saturated heterocycles. The van der Waals surface area contributed by atoms with Gasteiger partial charge in [-0.05, 0) is 35.2 Å². The smallest absolute Gasteiger partial charge is 0.342 e. The normalized spacial score (nSPS) is 15.6. The first-order valence-electron chi connectivity index (χ1n) is 15.0. The number of para-hydroxylation sites is 1. The average molecular weight is 592 g/mol. The van der Waals surface area contributed by atoms with Gasteiger partial charge in [-0.25, -0.2) is 4.79 Å². The summed E-state index contributed by atoms with van der Waals surface area (Å²) in [4.78, 5) is 29.7. The lowest BCUT2D eigenvalue weighted by atomic mass is 9.75. The molecule has 0 saturated carbocycles. The summed E-state index contributed by atoms with van der Waals surface area (Å²) in [6, 6.07) is 46.3. The zero-order valence-corrected chi connectivity index (χ0v) is 25.0. The van der Waals surface area contributed by atoms with E-state index in [0.717, 1.165) is 22.3 Å². The van der Waals surface area contributed by atoms with Crippen LogP contribution in [0.25, 0.3) is 0 Å². The van der Waals surface area contributed by atoms with Crippen molar-refractivity contribution in [2.75, 3.05) is 11.5 Å². The van der Waals surface area contributed by atoms with Gasteiger partial charge in [-0.2, -0.15) is 0 Å². The number of anilines is 1. The molecule has 222 valence electrons. The third-order valence-corrected chi connectivity index (χ3v) is 8.20. The fourth-order valence-electron chi connectivity index (χ4n) is 6.18. The molecule has 6 rings (SSSR count). The molecule has 1 unspecified atom stereocenters. The molecule has 1 amide bonds. The van der Waals surface area contributed by atoms with Gasteiger partial charge in [-0.15, -0.1) is 5.73 Å². The van der Waals surface area contributed by atoms with E-state index in [9.17, 15) is 14.7 Å². The number of carbonyl (C=O) groups excluding carboxylic acids is 2. The Bertz CT molecular complexity index is 1770. The van der Waals surface area contributed by atoms with Gasteiger partial charge in [0.1, 0.15) is 5.54 Å². The molecule has 1 heterocycles. The van der Waals surface area contributed by atoms with Crippen LogP contribution in [-0.2, 0) is 31.9 Å². The number of amides is 1. The van der Waals surface area contributed by atoms with E-state index in [1.807, 2.05) is 133 Å². The Kier molecular flexibility index (Phi) is 8.30. The van der Waals surface area contributed by atoms with Crippen LogP contribution in [0, 0.1) is 0 Å². The predicted octanol–water partition coefficient (Wildman–Crippen LogP) is 7.10. The van der Waals surface area contributed by atoms with E-state index in [0.29, 0.717) is 11.3 Å². The molecular weight excluding hydrogens is 558 g/mol. The second-order valence-corrected chi connectivity index (χ2v) is 10.9. The molecular formula is C40H33NO4. The van der Waals surface area contributed by atoms with Crippen LogP contribution in [0.2, 0.25) is 0 Å². The van der Waals surface area contributed by atoms with Crippen LogP contribution in [0.3, 0.4) is 0 Å². The summed E-state index contributed by atoms with van der Waals surface area (Å²) in [5.41, 5.74) is 4.36. The zero-order valence-electron chi connectivity index (χ0n) is 25.0. The van der Waals surface area contributed by atoms with Crippen molar-refractivity contribution in [3.8, 4) is 0 Å². The molecule has 1 N–H and O–H groups in total. The Morgan fingerprint density at radius 3 is 1.73 bits per heavy atom. The third-order valence-electron chi connectivity index (χ3n) is 8.20. The Labute approximate surface area is 263 Å². The summed E-state index contributed by atoms with van der Waals surface area (Å²) < 4.78 is 5.33. The molecule has 1 aliphatic rings. The molecule has 0 bridgehead atoms. The van der Waals surface area contributed by atoms with Crippen molar-refractivity contribution in [2.45, 2.75) is 24.5 Å². The molecule has 5 aromatic rings. The number of aliphatic hydroxyl groups is 1. The van der Waals surface area contributed by atoms with Gasteiger partial charge < -0.3 is 9.84 Å². The van der Waals surface area contributed by atoms with Gasteiger partial charge in [0, 0.05) is 18.1 Å². The highest BCUT2D eigenvalue weighted by Gasteiger charge is 2.57. The van der Waals surface area contributed by atoms with Gasteiger partial charge in [0.25, 0.3) is 5.91 Å². The number of hydrogen-bond acceptors (Lipinski definition) is 4. The van der Waals surface area contributed by atoms with Crippen LogP contribution in [-0.4, -0.2) is 23.6 Å². The summed E-state index contributed by atoms with van der Waals surface area (Å²) >= 11 is 0. The average Bonchev–Trinajstić information content (AvgIpc) is 3.32. The quantitative estimate of drug-likeness (QED) is 0.0860. The van der Waals surface area contributed by atoms with Crippen LogP contribution in [0.15, 0.2) is 163 Å². The highest BCUT2D eigenvalue weighted by atomic mass is 16.5. The molecule has 0 aliphatic carbocycles. The molecule has 5 aromatic carbocycles. The Morgan fingerprint density at radius 1 is 0.756 bits per heavy atom. The van der Waals surface area contributed by atoms with E-state index in [1.54, 1.807) is 24.0 Å². The number of rotatable bonds is 9. The minimum atomic E-state index is -2.12. The minimum absolute atomic E-state index is 0.187. The van der Waals surface area contributed by atoms with Crippen molar-refractivity contribution in [3.05, 3.63) is 191 Å². The Hall–Kier alpha value is -5.48. The topological polar surface area (TPSA) is 66.8 Å². The highest BCUT2D eigenvalue weighted by molar-refractivity contribution is 6.10. The van der Waals surface area contributed by atoms with Gasteiger partial charge in [0.05, 0.1) is 17.9 Å². The SMILES string of the molecule is CCOC(=O)C(=C=CC1(O)C(=O)N(C(c2ccccc2)(c2ccccc2)c2ccccc2)c2ccccc21)Cc1ccccc1. The fraction of sp³-hybridized carbons (Fsp3) is 0.125. The van der Waals surface area contributed by atoms with Gasteiger partial charge in [0.2, 0.25) is 0 Å². The summed E-state index contributed by atoms with van der Waals surface area (Å²) in [5, 5.41) is 12.4. The number of hydrogen-bond donors (Lipinski definition) is 1. The predicted molar refractivity (Wildman–Crippen MR) is 175 cm³/mol. The number of esters is 1. The number of benzene rings is 5. The van der Waals surface area contributed by atoms with E-state index in [-0.39, 0.29) is 18.6 Å². The van der Waals surface area contributed by atoms with Gasteiger partial charge in [0.15, 0.2) is 5.60 Å². The van der Waals surface area contributed by atoms with Crippen LogP contribution < -0.4 is 4.90 Å². The zero-order chi connectivity index (χ0) is 31.3. The second kappa shape index (κ2) is 12.6. The fourth-order valence-corrected chi connectivity index (χ4v) is 6.18. The standard InChI is InChI=1S/C40H33NO4/c1-2-45-37(42)31(29-30-17-7-3-8-18-30)27-28-39(44)35-25-15-16-26-36(35)41(38(39)43)40(32-19-9-4-10-20-32,33-21-11-5-12-22-33)34-23-13-6-14-24-34/h3-26,28,44H,2,29H2,1H3. The molecule has 1 atom stereocenters. The van der Waals surface area contributed by atoms with Crippen molar-refractivity contribution in [1.82, 2.24) is 0 Å². The first kappa shape index (κ1) is 29.6. The third kappa shape index (κ3) is 5.29. The summed E-state index contributed by atoms with van der Waals surface area (Å²) in [5.74, 6) is -1.11. The number of carbonyl (C=O) groups is 2. The maximum Gasteiger partial charge on any atom is 0.342 e. The first-order valence-corrected chi connectivity index (χ1v) is 15.0. The summed E-state index contributed by atoms with van der Waals surface area (Å²) in [6.45, 7) is 1.92. The molecule has 5 heteroatoms. The molecule has 0 aromatic heterocycles. The van der Waals surface area contributed by atoms with E-state index in [1.165, 1.54) is 6.08 Å². The van der Waals surface area contributed by atoms with Crippen molar-refractivity contribution in [1.29, 1.82) is 0 Å². The summed E-state index contributed by atoms with van der Waals surface area (Å²) in [7, 11) is 0. The largest absolute Gasteiger partial charge is 0.462 e. The van der Waals surface area contributed by atoms with E-state index in [4.69, 9.17) is 4.74 Å². The van der Waals surface area contributed by atoms with Crippen molar-refractivity contribution in [2.24, 2.45) is 0 Å². The molecule has 5 nitrogen and oxygen atoms in total. The van der Waals surface area contributed by atoms with E-state index < -0.39 is 23.0 Å². The lowest BCUT2D eigenvalue weighted by Gasteiger charge is -2.44. The van der Waals surface area contributed by atoms with E-state index in [2.05, 4.69) is 5.73 Å². The van der Waals surface area contributed by atoms with Crippen LogP contribution in [0.5, 0.6) is 0 Å². The monoisotopic (exact) mass is 591 g/mol. The lowest BCUT2D eigenvalue weighted by Crippen LogP contribution is -2.53. The molecule has 45 heavy (non-hydrogen) atoms. The van der Waals surface area contributed by atoms with Crippen LogP contribution >= 0.6 is 0 Å². The maximum absolute atomic E-state index is 15.0. The van der Waals surface area contributed by atoms with Crippen molar-refractivity contribution >= 4 is 17.6 Å². The van der Waals surface area contributed by atoms with Gasteiger partial charge in [-0.3, -0.25) is 9.69 Å². The number of ether oxygens (including phenoxy) is 1. The maximum atomic E-state index is 15.0. The lowest BCUT2D eigenvalue weighted by molar-refractivity contribution is -0.138. The second-order valence-electron chi connectivity index (χ2n) is 10.9. The molecule has 1 aliphatic heterocycles. The molecule has 0 radical (unpaired) electrons. The van der Waals surface area contributed by atoms with Crippen molar-refractivity contribution < 1.29 is 19.4 Å². The molecule has 0 fully saturated rings. The van der Waals surface area contributed by atoms with Gasteiger partial charge >= 0.3 is 5.97 Å². The van der Waals surface area contributed by atoms with Crippen LogP contribution in [0.1, 0.15) is 34.7 Å². The van der Waals surface area contributed by atoms with Crippen molar-refractivity contribution in [3.63, 3.8) is 0 Å². The highest BCUT2D eigenvalue weighted by Crippen LogP contribution is 2.52. The molecule has 0 spiro atoms.